The average molecular weight is 452 g/mol. The van der Waals surface area contributed by atoms with Crippen molar-refractivity contribution < 1.29 is 13.6 Å². The van der Waals surface area contributed by atoms with E-state index in [1.54, 1.807) is 0 Å². The second-order valence-corrected chi connectivity index (χ2v) is 10.1. The van der Waals surface area contributed by atoms with E-state index in [0.717, 1.165) is 16.7 Å². The van der Waals surface area contributed by atoms with E-state index in [2.05, 4.69) is 55.6 Å². The monoisotopic (exact) mass is 451 g/mol. The minimum absolute atomic E-state index is 0.179. The van der Waals surface area contributed by atoms with Crippen molar-refractivity contribution in [2.75, 3.05) is 13.2 Å². The minimum atomic E-state index is -3.50. The summed E-state index contributed by atoms with van der Waals surface area (Å²) >= 11 is 0. The molecule has 0 aliphatic heterocycles. The maximum absolute atomic E-state index is 14.0. The standard InChI is InChI=1S/C27H34NO3P/c1-5-30-32(29,31-6-2)27(25-19-17-22(18-20-25)21(3)4)28-26(23-13-9-7-10-14-23)24-15-11-8-12-16-24/h7-21,26-28H,5-6H2,1-4H3. The lowest BCUT2D eigenvalue weighted by molar-refractivity contribution is 0.206. The predicted molar refractivity (Wildman–Crippen MR) is 132 cm³/mol. The van der Waals surface area contributed by atoms with Crippen LogP contribution in [0.5, 0.6) is 0 Å². The van der Waals surface area contributed by atoms with Crippen LogP contribution in [0.4, 0.5) is 0 Å². The maximum atomic E-state index is 14.0. The highest BCUT2D eigenvalue weighted by molar-refractivity contribution is 7.54. The van der Waals surface area contributed by atoms with Crippen LogP contribution in [0.15, 0.2) is 84.9 Å². The van der Waals surface area contributed by atoms with Gasteiger partial charge in [0.05, 0.1) is 19.3 Å². The third-order valence-corrected chi connectivity index (χ3v) is 7.76. The van der Waals surface area contributed by atoms with E-state index in [4.69, 9.17) is 9.05 Å². The maximum Gasteiger partial charge on any atom is 0.351 e. The molecule has 0 heterocycles. The van der Waals surface area contributed by atoms with E-state index >= 15 is 0 Å². The van der Waals surface area contributed by atoms with Gasteiger partial charge in [0.25, 0.3) is 0 Å². The Labute approximate surface area is 192 Å². The van der Waals surface area contributed by atoms with Gasteiger partial charge >= 0.3 is 7.60 Å². The molecule has 0 fully saturated rings. The van der Waals surface area contributed by atoms with Gasteiger partial charge in [0.2, 0.25) is 0 Å². The molecule has 32 heavy (non-hydrogen) atoms. The van der Waals surface area contributed by atoms with Crippen LogP contribution >= 0.6 is 7.60 Å². The molecule has 0 saturated heterocycles. The molecular formula is C27H34NO3P. The quantitative estimate of drug-likeness (QED) is 0.308. The molecule has 0 bridgehead atoms. The number of hydrogen-bond donors (Lipinski definition) is 1. The molecule has 1 unspecified atom stereocenters. The van der Waals surface area contributed by atoms with Gasteiger partial charge in [-0.2, -0.15) is 0 Å². The SMILES string of the molecule is CCOP(=O)(OCC)C(NC(c1ccccc1)c1ccccc1)c1ccc(C(C)C)cc1. The summed E-state index contributed by atoms with van der Waals surface area (Å²) in [5.74, 6) is -0.198. The number of hydrogen-bond acceptors (Lipinski definition) is 4. The summed E-state index contributed by atoms with van der Waals surface area (Å²) in [5.41, 5.74) is 4.29. The smallest absolute Gasteiger partial charge is 0.308 e. The molecule has 0 aliphatic rings. The van der Waals surface area contributed by atoms with Crippen molar-refractivity contribution in [2.24, 2.45) is 0 Å². The molecule has 3 aromatic rings. The van der Waals surface area contributed by atoms with E-state index < -0.39 is 13.4 Å². The van der Waals surface area contributed by atoms with Crippen molar-refractivity contribution in [1.29, 1.82) is 0 Å². The summed E-state index contributed by atoms with van der Waals surface area (Å²) < 4.78 is 25.6. The fourth-order valence-electron chi connectivity index (χ4n) is 3.81. The van der Waals surface area contributed by atoms with Crippen molar-refractivity contribution in [3.8, 4) is 0 Å². The molecule has 5 heteroatoms. The highest BCUT2D eigenvalue weighted by Crippen LogP contribution is 2.60. The van der Waals surface area contributed by atoms with Crippen LogP contribution in [-0.4, -0.2) is 13.2 Å². The molecule has 3 rings (SSSR count). The molecule has 3 aromatic carbocycles. The normalized spacial score (nSPS) is 12.9. The first-order valence-electron chi connectivity index (χ1n) is 11.3. The fraction of sp³-hybridized carbons (Fsp3) is 0.333. The van der Waals surface area contributed by atoms with Gasteiger partial charge in [-0.15, -0.1) is 0 Å². The van der Waals surface area contributed by atoms with Crippen LogP contribution in [0.2, 0.25) is 0 Å². The van der Waals surface area contributed by atoms with Gasteiger partial charge < -0.3 is 9.05 Å². The Kier molecular flexibility index (Phi) is 8.84. The van der Waals surface area contributed by atoms with Crippen molar-refractivity contribution in [2.45, 2.75) is 45.4 Å². The van der Waals surface area contributed by atoms with Gasteiger partial charge in [0.1, 0.15) is 5.78 Å². The summed E-state index contributed by atoms with van der Waals surface area (Å²) in [4.78, 5) is 0. The van der Waals surface area contributed by atoms with E-state index in [9.17, 15) is 4.57 Å². The fourth-order valence-corrected chi connectivity index (χ4v) is 5.77. The largest absolute Gasteiger partial charge is 0.351 e. The Balaban J connectivity index is 2.09. The third-order valence-electron chi connectivity index (χ3n) is 5.44. The van der Waals surface area contributed by atoms with Crippen molar-refractivity contribution in [3.05, 3.63) is 107 Å². The lowest BCUT2D eigenvalue weighted by Gasteiger charge is -2.32. The molecular weight excluding hydrogens is 417 g/mol. The van der Waals surface area contributed by atoms with Gasteiger partial charge in [-0.25, -0.2) is 0 Å². The lowest BCUT2D eigenvalue weighted by Crippen LogP contribution is -2.29. The van der Waals surface area contributed by atoms with Gasteiger partial charge in [0.15, 0.2) is 0 Å². The average Bonchev–Trinajstić information content (AvgIpc) is 2.81. The summed E-state index contributed by atoms with van der Waals surface area (Å²) in [6.45, 7) is 8.63. The van der Waals surface area contributed by atoms with Gasteiger partial charge in [-0.05, 0) is 42.0 Å². The van der Waals surface area contributed by atoms with Gasteiger partial charge in [-0.3, -0.25) is 9.88 Å². The van der Waals surface area contributed by atoms with Crippen LogP contribution in [0.1, 0.15) is 67.7 Å². The zero-order valence-corrected chi connectivity index (χ0v) is 20.3. The minimum Gasteiger partial charge on any atom is -0.308 e. The second kappa shape index (κ2) is 11.6. The van der Waals surface area contributed by atoms with Gasteiger partial charge in [-0.1, -0.05) is 98.8 Å². The predicted octanol–water partition coefficient (Wildman–Crippen LogP) is 7.45. The van der Waals surface area contributed by atoms with Gasteiger partial charge in [0, 0.05) is 0 Å². The lowest BCUT2D eigenvalue weighted by atomic mass is 9.98. The molecule has 0 aromatic heterocycles. The van der Waals surface area contributed by atoms with Crippen LogP contribution in [0, 0.1) is 0 Å². The summed E-state index contributed by atoms with van der Waals surface area (Å²) in [6.07, 6.45) is 0. The Bertz CT molecular complexity index is 941. The molecule has 0 spiro atoms. The van der Waals surface area contributed by atoms with E-state index in [1.165, 1.54) is 5.56 Å². The first-order chi connectivity index (χ1) is 15.5. The zero-order valence-electron chi connectivity index (χ0n) is 19.4. The van der Waals surface area contributed by atoms with Crippen molar-refractivity contribution in [1.82, 2.24) is 5.32 Å². The highest BCUT2D eigenvalue weighted by Gasteiger charge is 2.38. The Morgan fingerprint density at radius 3 is 1.53 bits per heavy atom. The van der Waals surface area contributed by atoms with Crippen molar-refractivity contribution in [3.63, 3.8) is 0 Å². The number of nitrogens with one attached hydrogen (secondary N) is 1. The Morgan fingerprint density at radius 2 is 1.12 bits per heavy atom. The molecule has 0 saturated carbocycles. The molecule has 0 radical (unpaired) electrons. The van der Waals surface area contributed by atoms with Crippen molar-refractivity contribution >= 4 is 7.60 Å². The summed E-state index contributed by atoms with van der Waals surface area (Å²) in [7, 11) is -3.50. The topological polar surface area (TPSA) is 47.6 Å². The zero-order chi connectivity index (χ0) is 23.0. The first kappa shape index (κ1) is 24.4. The van der Waals surface area contributed by atoms with Crippen LogP contribution in [-0.2, 0) is 13.6 Å². The second-order valence-electron chi connectivity index (χ2n) is 8.02. The van der Waals surface area contributed by atoms with E-state index in [1.807, 2.05) is 62.4 Å². The van der Waals surface area contributed by atoms with E-state index in [0.29, 0.717) is 19.1 Å². The van der Waals surface area contributed by atoms with E-state index in [-0.39, 0.29) is 6.04 Å². The molecule has 4 nitrogen and oxygen atoms in total. The molecule has 0 amide bonds. The Hall–Kier alpha value is -2.23. The first-order valence-corrected chi connectivity index (χ1v) is 12.9. The molecule has 170 valence electrons. The van der Waals surface area contributed by atoms with Crippen LogP contribution < -0.4 is 5.32 Å². The number of benzene rings is 3. The number of rotatable bonds is 11. The molecule has 0 aliphatic carbocycles. The Morgan fingerprint density at radius 1 is 0.688 bits per heavy atom. The third kappa shape index (κ3) is 5.96. The van der Waals surface area contributed by atoms with Crippen LogP contribution in [0.3, 0.4) is 0 Å². The summed E-state index contributed by atoms with van der Waals surface area (Å²) in [6, 6.07) is 28.5. The highest BCUT2D eigenvalue weighted by atomic mass is 31.2. The molecule has 1 atom stereocenters. The summed E-state index contributed by atoms with van der Waals surface area (Å²) in [5, 5.41) is 3.65. The molecule has 1 N–H and O–H groups in total. The van der Waals surface area contributed by atoms with Crippen LogP contribution in [0.25, 0.3) is 0 Å².